The lowest BCUT2D eigenvalue weighted by Crippen LogP contribution is -1.93. The zero-order chi connectivity index (χ0) is 40.1. The summed E-state index contributed by atoms with van der Waals surface area (Å²) in [6.45, 7) is 4.16. The second-order valence-corrected chi connectivity index (χ2v) is 15.9. The van der Waals surface area contributed by atoms with E-state index in [-0.39, 0.29) is 0 Å². The molecule has 0 atom stereocenters. The first-order valence-electron chi connectivity index (χ1n) is 18.0. The van der Waals surface area contributed by atoms with Gasteiger partial charge >= 0.3 is 0 Å². The van der Waals surface area contributed by atoms with Crippen LogP contribution < -0.4 is 4.74 Å². The van der Waals surface area contributed by atoms with Gasteiger partial charge < -0.3 is 14.7 Å². The zero-order valence-electron chi connectivity index (χ0n) is 30.2. The van der Waals surface area contributed by atoms with Gasteiger partial charge in [0.05, 0.1) is 52.9 Å². The maximum absolute atomic E-state index is 6.97. The summed E-state index contributed by atoms with van der Waals surface area (Å²) in [6, 6.07) is 32.1. The Morgan fingerprint density at radius 3 is 1.10 bits per heavy atom. The average Bonchev–Trinajstić information content (AvgIpc) is 4.05. The van der Waals surface area contributed by atoms with Crippen LogP contribution in [0.3, 0.4) is 0 Å². The molecule has 2 N–H and O–H groups in total. The number of H-pyrrole nitrogens is 2. The highest BCUT2D eigenvalue weighted by Gasteiger charge is 2.23. The largest absolute Gasteiger partial charge is 0.490 e. The molecule has 0 radical (unpaired) electrons. The molecular formula is C47H28Cl6N4O. The number of aromatic amines is 2. The van der Waals surface area contributed by atoms with Crippen LogP contribution in [-0.2, 0) is 0 Å². The molecule has 7 aromatic rings. The quantitative estimate of drug-likeness (QED) is 0.157. The fourth-order valence-corrected chi connectivity index (χ4v) is 9.14. The summed E-state index contributed by atoms with van der Waals surface area (Å²) in [5.74, 6) is 0.712. The molecule has 0 amide bonds. The molecule has 2 aliphatic heterocycles. The van der Waals surface area contributed by atoms with E-state index in [4.69, 9.17) is 84.3 Å². The van der Waals surface area contributed by atoms with E-state index in [0.717, 1.165) is 22.2 Å². The topological polar surface area (TPSA) is 66.6 Å². The van der Waals surface area contributed by atoms with E-state index in [1.807, 2.05) is 115 Å². The number of halogens is 6. The van der Waals surface area contributed by atoms with Crippen molar-refractivity contribution in [2.45, 2.75) is 0 Å². The third kappa shape index (κ3) is 6.92. The van der Waals surface area contributed by atoms with Gasteiger partial charge in [0.15, 0.2) is 0 Å². The Morgan fingerprint density at radius 2 is 0.759 bits per heavy atom. The van der Waals surface area contributed by atoms with E-state index in [9.17, 15) is 0 Å². The smallest absolute Gasteiger partial charge is 0.119 e. The number of ether oxygens (including phenoxy) is 1. The van der Waals surface area contributed by atoms with Gasteiger partial charge in [-0.25, -0.2) is 9.97 Å². The van der Waals surface area contributed by atoms with Crippen molar-refractivity contribution < 1.29 is 4.74 Å². The number of aromatic nitrogens is 4. The fourth-order valence-electron chi connectivity index (χ4n) is 7.38. The summed E-state index contributed by atoms with van der Waals surface area (Å²) in [7, 11) is 0. The van der Waals surface area contributed by atoms with Crippen LogP contribution in [0.15, 0.2) is 116 Å². The molecule has 0 aliphatic carbocycles. The third-order valence-electron chi connectivity index (χ3n) is 9.90. The second kappa shape index (κ2) is 15.8. The number of hydrogen-bond acceptors (Lipinski definition) is 3. The van der Waals surface area contributed by atoms with Gasteiger partial charge in [-0.1, -0.05) is 113 Å². The molecule has 284 valence electrons. The molecule has 0 spiro atoms. The molecular weight excluding hydrogens is 849 g/mol. The lowest BCUT2D eigenvalue weighted by Gasteiger charge is -2.11. The number of hydrogen-bond donors (Lipinski definition) is 2. The van der Waals surface area contributed by atoms with Crippen LogP contribution in [0.2, 0.25) is 30.1 Å². The number of rotatable bonds is 7. The SMILES string of the molecule is C=CCOc1ccc(-c2c3nc(c(-c4c(Cl)cccc4Cl)c4ccc([nH]4)c(-c4c(Cl)cccc4Cl)c4nc(c(-c5c(Cl)cccc5Cl)c5ccc2[nH]5)C=C4)C=C3)cc1. The highest BCUT2D eigenvalue weighted by molar-refractivity contribution is 6.41. The molecule has 0 unspecified atom stereocenters. The van der Waals surface area contributed by atoms with Gasteiger partial charge in [-0.2, -0.15) is 0 Å². The monoisotopic (exact) mass is 874 g/mol. The first-order valence-corrected chi connectivity index (χ1v) is 20.3. The molecule has 4 aromatic carbocycles. The molecule has 5 nitrogen and oxygen atoms in total. The summed E-state index contributed by atoms with van der Waals surface area (Å²) >= 11 is 41.8. The maximum Gasteiger partial charge on any atom is 0.119 e. The molecule has 58 heavy (non-hydrogen) atoms. The fraction of sp³-hybridized carbons (Fsp3) is 0.0213. The van der Waals surface area contributed by atoms with E-state index >= 15 is 0 Å². The third-order valence-corrected chi connectivity index (χ3v) is 11.8. The highest BCUT2D eigenvalue weighted by Crippen LogP contribution is 2.45. The average molecular weight is 877 g/mol. The molecule has 0 saturated heterocycles. The lowest BCUT2D eigenvalue weighted by molar-refractivity contribution is 0.363. The van der Waals surface area contributed by atoms with Crippen molar-refractivity contribution in [1.82, 2.24) is 19.9 Å². The van der Waals surface area contributed by atoms with E-state index in [0.29, 0.717) is 110 Å². The zero-order valence-corrected chi connectivity index (χ0v) is 34.7. The maximum atomic E-state index is 6.97. The normalized spacial score (nSPS) is 12.0. The standard InChI is InChI=1S/C47H28Cl6N4O/c1-2-24-58-26-14-12-25(13-15-26)41-33-16-18-35(54-33)45(42-27(48)6-3-7-28(42)49)37-20-22-39(56-37)47(44-31(52)10-5-11-32(44)53)40-23-21-38(57-40)46(36-19-17-34(41)55-36)43-29(50)8-4-9-30(43)51/h2-23,54,57H,1,24H2. The van der Waals surface area contributed by atoms with Crippen LogP contribution in [0, 0.1) is 0 Å². The number of benzene rings is 4. The molecule has 8 bridgehead atoms. The highest BCUT2D eigenvalue weighted by atomic mass is 35.5. The van der Waals surface area contributed by atoms with Gasteiger partial charge in [0.1, 0.15) is 12.4 Å². The molecule has 0 saturated carbocycles. The summed E-state index contributed by atoms with van der Waals surface area (Å²) in [5, 5.41) is 2.77. The Labute approximate surface area is 363 Å². The molecule has 3 aromatic heterocycles. The first-order chi connectivity index (χ1) is 28.2. The molecule has 2 aliphatic rings. The van der Waals surface area contributed by atoms with Crippen LogP contribution in [0.5, 0.6) is 5.75 Å². The van der Waals surface area contributed by atoms with Crippen molar-refractivity contribution >= 4 is 116 Å². The van der Waals surface area contributed by atoms with E-state index in [1.165, 1.54) is 0 Å². The lowest BCUT2D eigenvalue weighted by atomic mass is 10.0. The Balaban J connectivity index is 1.49. The van der Waals surface area contributed by atoms with E-state index < -0.39 is 0 Å². The van der Waals surface area contributed by atoms with Gasteiger partial charge in [-0.15, -0.1) is 0 Å². The van der Waals surface area contributed by atoms with Crippen molar-refractivity contribution in [3.05, 3.63) is 169 Å². The molecule has 9 rings (SSSR count). The Kier molecular flexibility index (Phi) is 10.5. The first kappa shape index (κ1) is 38.3. The number of nitrogens with zero attached hydrogens (tertiary/aromatic N) is 2. The summed E-state index contributed by atoms with van der Waals surface area (Å²) in [6.07, 6.45) is 9.54. The minimum atomic E-state index is 0.388. The van der Waals surface area contributed by atoms with Crippen molar-refractivity contribution in [1.29, 1.82) is 0 Å². The summed E-state index contributed by atoms with van der Waals surface area (Å²) in [4.78, 5) is 17.9. The van der Waals surface area contributed by atoms with E-state index in [1.54, 1.807) is 18.2 Å². The van der Waals surface area contributed by atoms with Gasteiger partial charge in [0.25, 0.3) is 0 Å². The van der Waals surface area contributed by atoms with Crippen LogP contribution in [0.4, 0.5) is 0 Å². The molecule has 5 heterocycles. The van der Waals surface area contributed by atoms with Crippen LogP contribution in [0.1, 0.15) is 22.8 Å². The van der Waals surface area contributed by atoms with Gasteiger partial charge in [0.2, 0.25) is 0 Å². The Hall–Kier alpha value is -5.24. The van der Waals surface area contributed by atoms with Gasteiger partial charge in [-0.3, -0.25) is 0 Å². The van der Waals surface area contributed by atoms with Crippen molar-refractivity contribution in [2.75, 3.05) is 6.61 Å². The van der Waals surface area contributed by atoms with E-state index in [2.05, 4.69) is 16.5 Å². The van der Waals surface area contributed by atoms with Crippen LogP contribution >= 0.6 is 69.6 Å². The Bertz CT molecular complexity index is 2940. The van der Waals surface area contributed by atoms with Gasteiger partial charge in [0, 0.05) is 61.0 Å². The molecule has 0 fully saturated rings. The minimum Gasteiger partial charge on any atom is -0.490 e. The second-order valence-electron chi connectivity index (χ2n) is 13.4. The predicted octanol–water partition coefficient (Wildman–Crippen LogP) is 15.8. The van der Waals surface area contributed by atoms with Crippen molar-refractivity contribution in [3.63, 3.8) is 0 Å². The summed E-state index contributed by atoms with van der Waals surface area (Å²) < 4.78 is 5.83. The Morgan fingerprint density at radius 1 is 0.431 bits per heavy atom. The molecule has 11 heteroatoms. The van der Waals surface area contributed by atoms with Crippen molar-refractivity contribution in [3.8, 4) is 50.3 Å². The predicted molar refractivity (Wildman–Crippen MR) is 246 cm³/mol. The van der Waals surface area contributed by atoms with Crippen LogP contribution in [-0.4, -0.2) is 26.5 Å². The van der Waals surface area contributed by atoms with Crippen molar-refractivity contribution in [2.24, 2.45) is 0 Å². The minimum absolute atomic E-state index is 0.388. The van der Waals surface area contributed by atoms with Gasteiger partial charge in [-0.05, 0) is 103 Å². The summed E-state index contributed by atoms with van der Waals surface area (Å²) in [5.41, 5.74) is 11.1. The van der Waals surface area contributed by atoms with Crippen LogP contribution in [0.25, 0.3) is 90.9 Å². The number of fused-ring (bicyclic) bond motifs is 8. The number of nitrogens with one attached hydrogen (secondary N) is 2.